The van der Waals surface area contributed by atoms with E-state index in [-0.39, 0.29) is 5.63 Å². The molecule has 0 fully saturated rings. The number of aromatic nitrogens is 1. The molecule has 0 saturated heterocycles. The molecule has 3 heterocycles. The van der Waals surface area contributed by atoms with Crippen molar-refractivity contribution in [2.75, 3.05) is 13.2 Å². The summed E-state index contributed by atoms with van der Waals surface area (Å²) in [4.78, 5) is 16.7. The van der Waals surface area contributed by atoms with Gasteiger partial charge in [0.05, 0.1) is 18.3 Å². The Morgan fingerprint density at radius 3 is 2.29 bits per heavy atom. The highest BCUT2D eigenvalue weighted by Crippen LogP contribution is 2.24. The Balaban J connectivity index is 1.23. The van der Waals surface area contributed by atoms with Gasteiger partial charge >= 0.3 is 5.63 Å². The van der Waals surface area contributed by atoms with Crippen LogP contribution in [-0.4, -0.2) is 24.3 Å². The third kappa shape index (κ3) is 8.88. The van der Waals surface area contributed by atoms with Crippen molar-refractivity contribution in [1.29, 1.82) is 0 Å². The van der Waals surface area contributed by atoms with Crippen molar-refractivity contribution < 1.29 is 13.9 Å². The molecular weight excluding hydrogens is 446 g/mol. The third-order valence-electron chi connectivity index (χ3n) is 6.19. The first-order valence-electron chi connectivity index (χ1n) is 12.9. The molecule has 1 unspecified atom stereocenters. The summed E-state index contributed by atoms with van der Waals surface area (Å²) in [5.74, 6) is 0.508. The molecule has 0 aliphatic rings. The average Bonchev–Trinajstić information content (AvgIpc) is 3.38. The van der Waals surface area contributed by atoms with E-state index in [4.69, 9.17) is 13.9 Å². The van der Waals surface area contributed by atoms with E-state index in [1.807, 2.05) is 22.9 Å². The number of nitrogens with zero attached hydrogens (tertiary/aromatic N) is 1. The zero-order valence-corrected chi connectivity index (χ0v) is 21.5. The van der Waals surface area contributed by atoms with Crippen molar-refractivity contribution in [3.05, 3.63) is 45.6 Å². The van der Waals surface area contributed by atoms with Crippen LogP contribution in [0.2, 0.25) is 0 Å². The van der Waals surface area contributed by atoms with E-state index < -0.39 is 0 Å². The fourth-order valence-electron chi connectivity index (χ4n) is 3.89. The number of pyridine rings is 1. The van der Waals surface area contributed by atoms with Gasteiger partial charge in [0, 0.05) is 24.3 Å². The molecule has 34 heavy (non-hydrogen) atoms. The van der Waals surface area contributed by atoms with Gasteiger partial charge in [0.1, 0.15) is 5.58 Å². The molecule has 186 valence electrons. The highest BCUT2D eigenvalue weighted by Gasteiger charge is 2.09. The lowest BCUT2D eigenvalue weighted by atomic mass is 10.1. The minimum absolute atomic E-state index is 0.335. The Bertz CT molecular complexity index is 1010. The van der Waals surface area contributed by atoms with Crippen LogP contribution in [0.3, 0.4) is 0 Å². The lowest BCUT2D eigenvalue weighted by Gasteiger charge is -2.09. The van der Waals surface area contributed by atoms with Crippen molar-refractivity contribution in [1.82, 2.24) is 4.98 Å². The molecule has 3 aromatic rings. The van der Waals surface area contributed by atoms with E-state index in [1.165, 1.54) is 57.8 Å². The Morgan fingerprint density at radius 2 is 1.65 bits per heavy atom. The minimum Gasteiger partial charge on any atom is -0.478 e. The first-order chi connectivity index (χ1) is 16.7. The third-order valence-corrected chi connectivity index (χ3v) is 6.87. The van der Waals surface area contributed by atoms with Crippen LogP contribution in [0, 0.1) is 0 Å². The quantitative estimate of drug-likeness (QED) is 0.181. The molecule has 6 heteroatoms. The van der Waals surface area contributed by atoms with E-state index in [2.05, 4.69) is 18.8 Å². The summed E-state index contributed by atoms with van der Waals surface area (Å²) in [5.41, 5.74) is 1.62. The molecule has 5 nitrogen and oxygen atoms in total. The summed E-state index contributed by atoms with van der Waals surface area (Å²) in [6.45, 7) is 5.86. The van der Waals surface area contributed by atoms with Gasteiger partial charge in [0.25, 0.3) is 0 Å². The summed E-state index contributed by atoms with van der Waals surface area (Å²) in [7, 11) is 0. The van der Waals surface area contributed by atoms with Gasteiger partial charge < -0.3 is 13.9 Å². The average molecular weight is 486 g/mol. The monoisotopic (exact) mass is 485 g/mol. The molecule has 1 atom stereocenters. The number of rotatable bonds is 17. The number of fused-ring (bicyclic) bond motifs is 1. The summed E-state index contributed by atoms with van der Waals surface area (Å²) in [6.07, 6.45) is 15.7. The van der Waals surface area contributed by atoms with Gasteiger partial charge in [-0.3, -0.25) is 0 Å². The highest BCUT2D eigenvalue weighted by atomic mass is 32.1. The number of hydrogen-bond acceptors (Lipinski definition) is 6. The van der Waals surface area contributed by atoms with Crippen LogP contribution in [0.1, 0.15) is 84.5 Å². The topological polar surface area (TPSA) is 61.6 Å². The van der Waals surface area contributed by atoms with Gasteiger partial charge in [-0.2, -0.15) is 11.3 Å². The summed E-state index contributed by atoms with van der Waals surface area (Å²) in [5, 5.41) is 4.69. The molecule has 0 saturated carbocycles. The number of ether oxygens (including phenoxy) is 2. The van der Waals surface area contributed by atoms with Crippen LogP contribution < -0.4 is 10.4 Å². The molecule has 0 radical (unpaired) electrons. The summed E-state index contributed by atoms with van der Waals surface area (Å²) in [6, 6.07) is 5.47. The smallest absolute Gasteiger partial charge is 0.344 e. The van der Waals surface area contributed by atoms with Gasteiger partial charge in [0.15, 0.2) is 0 Å². The molecule has 0 N–H and O–H groups in total. The normalized spacial score (nSPS) is 12.3. The Morgan fingerprint density at radius 1 is 0.971 bits per heavy atom. The van der Waals surface area contributed by atoms with Crippen LogP contribution in [0.15, 0.2) is 44.4 Å². The Hall–Kier alpha value is -2.18. The van der Waals surface area contributed by atoms with E-state index in [1.54, 1.807) is 23.6 Å². The van der Waals surface area contributed by atoms with Gasteiger partial charge in [0.2, 0.25) is 5.88 Å². The molecule has 0 spiro atoms. The van der Waals surface area contributed by atoms with Crippen molar-refractivity contribution >= 4 is 22.3 Å². The largest absolute Gasteiger partial charge is 0.478 e. The van der Waals surface area contributed by atoms with Crippen LogP contribution in [0.4, 0.5) is 0 Å². The highest BCUT2D eigenvalue weighted by molar-refractivity contribution is 7.08. The second-order valence-corrected chi connectivity index (χ2v) is 9.77. The fraction of sp³-hybridized carbons (Fsp3) is 0.571. The van der Waals surface area contributed by atoms with E-state index in [9.17, 15) is 4.79 Å². The number of unbranched alkanes of at least 4 members (excludes halogenated alkanes) is 9. The Kier molecular flexibility index (Phi) is 11.6. The van der Waals surface area contributed by atoms with E-state index in [0.717, 1.165) is 30.4 Å². The lowest BCUT2D eigenvalue weighted by Crippen LogP contribution is -2.07. The molecule has 0 aromatic carbocycles. The van der Waals surface area contributed by atoms with Crippen LogP contribution in [0.5, 0.6) is 5.88 Å². The first kappa shape index (κ1) is 26.4. The van der Waals surface area contributed by atoms with E-state index in [0.29, 0.717) is 29.7 Å². The standard InChI is InChI=1S/C28H39NO4S/c1-3-22(2)31-15-12-10-8-6-4-5-7-9-11-13-16-32-27-19-26-24(20-29-27)18-25(28(30)33-26)23-14-17-34-21-23/h14,17-22H,3-13,15-16H2,1-2H3. The van der Waals surface area contributed by atoms with Crippen LogP contribution in [0.25, 0.3) is 22.1 Å². The van der Waals surface area contributed by atoms with Gasteiger partial charge in [-0.25, -0.2) is 9.78 Å². The first-order valence-corrected chi connectivity index (χ1v) is 13.8. The van der Waals surface area contributed by atoms with Crippen LogP contribution in [-0.2, 0) is 4.74 Å². The fourth-order valence-corrected chi connectivity index (χ4v) is 4.55. The van der Waals surface area contributed by atoms with Crippen molar-refractivity contribution in [2.24, 2.45) is 0 Å². The maximum absolute atomic E-state index is 12.3. The molecule has 3 rings (SSSR count). The second-order valence-electron chi connectivity index (χ2n) is 8.99. The molecule has 0 amide bonds. The van der Waals surface area contributed by atoms with Crippen molar-refractivity contribution in [3.63, 3.8) is 0 Å². The van der Waals surface area contributed by atoms with Gasteiger partial charge in [-0.1, -0.05) is 58.3 Å². The Labute approximate surface area is 207 Å². The van der Waals surface area contributed by atoms with E-state index >= 15 is 0 Å². The summed E-state index contributed by atoms with van der Waals surface area (Å²) < 4.78 is 17.0. The number of hydrogen-bond donors (Lipinski definition) is 0. The van der Waals surface area contributed by atoms with Gasteiger partial charge in [-0.15, -0.1) is 0 Å². The van der Waals surface area contributed by atoms with Crippen LogP contribution >= 0.6 is 11.3 Å². The zero-order chi connectivity index (χ0) is 24.0. The lowest BCUT2D eigenvalue weighted by molar-refractivity contribution is 0.0608. The van der Waals surface area contributed by atoms with Gasteiger partial charge in [-0.05, 0) is 54.6 Å². The van der Waals surface area contributed by atoms with Crippen molar-refractivity contribution in [2.45, 2.75) is 90.6 Å². The predicted octanol–water partition coefficient (Wildman–Crippen LogP) is 8.01. The maximum Gasteiger partial charge on any atom is 0.344 e. The summed E-state index contributed by atoms with van der Waals surface area (Å²) >= 11 is 1.55. The molecule has 0 bridgehead atoms. The molecular formula is C28H39NO4S. The van der Waals surface area contributed by atoms with Crippen molar-refractivity contribution in [3.8, 4) is 17.0 Å². The second kappa shape index (κ2) is 14.9. The molecule has 0 aliphatic carbocycles. The SMILES string of the molecule is CCC(C)OCCCCCCCCCCCCOc1cc2oc(=O)c(-c3ccsc3)cc2cn1. The zero-order valence-electron chi connectivity index (χ0n) is 20.7. The molecule has 3 aromatic heterocycles. The molecule has 0 aliphatic heterocycles. The number of thiophene rings is 1. The predicted molar refractivity (Wildman–Crippen MR) is 141 cm³/mol. The maximum atomic E-state index is 12.3. The minimum atomic E-state index is -0.335.